The molecule has 3 aromatic rings. The molecule has 170 valence electrons. The van der Waals surface area contributed by atoms with Gasteiger partial charge in [-0.05, 0) is 61.4 Å². The predicted octanol–water partition coefficient (Wildman–Crippen LogP) is 3.68. The summed E-state index contributed by atoms with van der Waals surface area (Å²) in [5, 5.41) is 0. The monoisotopic (exact) mass is 468 g/mol. The maximum Gasteiger partial charge on any atom is 0.338 e. The van der Waals surface area contributed by atoms with Gasteiger partial charge in [-0.15, -0.1) is 0 Å². The molecule has 0 unspecified atom stereocenters. The van der Waals surface area contributed by atoms with E-state index in [4.69, 9.17) is 4.74 Å². The SMILES string of the molecule is Cc1c(F)cccc1S(=O)(=O)Nc1ccc(C(=O)OCC(=O)N2CCc3ccccc32)cc1. The minimum Gasteiger partial charge on any atom is -0.452 e. The van der Waals surface area contributed by atoms with Gasteiger partial charge in [-0.3, -0.25) is 9.52 Å². The number of anilines is 2. The van der Waals surface area contributed by atoms with Crippen molar-refractivity contribution in [3.05, 3.63) is 89.2 Å². The fraction of sp³-hybridized carbons (Fsp3) is 0.167. The molecule has 0 aliphatic carbocycles. The van der Waals surface area contributed by atoms with Gasteiger partial charge in [0.1, 0.15) is 5.82 Å². The van der Waals surface area contributed by atoms with Crippen molar-refractivity contribution in [3.63, 3.8) is 0 Å². The van der Waals surface area contributed by atoms with Crippen LogP contribution in [0.4, 0.5) is 15.8 Å². The molecule has 0 fully saturated rings. The Bertz CT molecular complexity index is 1320. The average molecular weight is 469 g/mol. The molecule has 33 heavy (non-hydrogen) atoms. The smallest absolute Gasteiger partial charge is 0.338 e. The van der Waals surface area contributed by atoms with Crippen molar-refractivity contribution in [3.8, 4) is 0 Å². The maximum absolute atomic E-state index is 13.7. The molecule has 0 saturated heterocycles. The van der Waals surface area contributed by atoms with Gasteiger partial charge in [-0.25, -0.2) is 17.6 Å². The zero-order valence-corrected chi connectivity index (χ0v) is 18.6. The molecule has 1 aliphatic rings. The number of amides is 1. The molecular formula is C24H21FN2O5S. The number of nitrogens with one attached hydrogen (secondary N) is 1. The molecule has 1 amide bonds. The number of para-hydroxylation sites is 1. The van der Waals surface area contributed by atoms with E-state index < -0.39 is 28.4 Å². The molecule has 1 heterocycles. The Labute approximate surface area is 190 Å². The Morgan fingerprint density at radius 1 is 1.03 bits per heavy atom. The second-order valence-corrected chi connectivity index (χ2v) is 9.20. The fourth-order valence-electron chi connectivity index (χ4n) is 3.65. The van der Waals surface area contributed by atoms with Crippen LogP contribution in [0.15, 0.2) is 71.6 Å². The van der Waals surface area contributed by atoms with Crippen LogP contribution in [0, 0.1) is 12.7 Å². The summed E-state index contributed by atoms with van der Waals surface area (Å²) in [4.78, 5) is 26.2. The first-order chi connectivity index (χ1) is 15.8. The highest BCUT2D eigenvalue weighted by Crippen LogP contribution is 2.27. The summed E-state index contributed by atoms with van der Waals surface area (Å²) >= 11 is 0. The number of ether oxygens (including phenoxy) is 1. The van der Waals surface area contributed by atoms with Gasteiger partial charge in [0, 0.05) is 23.5 Å². The highest BCUT2D eigenvalue weighted by molar-refractivity contribution is 7.92. The molecule has 1 aliphatic heterocycles. The number of carbonyl (C=O) groups is 2. The van der Waals surface area contributed by atoms with Gasteiger partial charge in [0.05, 0.1) is 10.5 Å². The first-order valence-corrected chi connectivity index (χ1v) is 11.7. The molecule has 0 aromatic heterocycles. The predicted molar refractivity (Wildman–Crippen MR) is 121 cm³/mol. The molecule has 1 N–H and O–H groups in total. The first kappa shape index (κ1) is 22.5. The van der Waals surface area contributed by atoms with Crippen LogP contribution in [0.1, 0.15) is 21.5 Å². The summed E-state index contributed by atoms with van der Waals surface area (Å²) in [5.74, 6) is -1.64. The highest BCUT2D eigenvalue weighted by atomic mass is 32.2. The molecule has 0 atom stereocenters. The normalized spacial score (nSPS) is 12.8. The van der Waals surface area contributed by atoms with Crippen LogP contribution in [0.25, 0.3) is 0 Å². The molecule has 4 rings (SSSR count). The van der Waals surface area contributed by atoms with E-state index in [2.05, 4.69) is 4.72 Å². The zero-order valence-electron chi connectivity index (χ0n) is 17.7. The molecular weight excluding hydrogens is 447 g/mol. The summed E-state index contributed by atoms with van der Waals surface area (Å²) in [6.07, 6.45) is 0.752. The third-order valence-electron chi connectivity index (χ3n) is 5.40. The van der Waals surface area contributed by atoms with Crippen molar-refractivity contribution < 1.29 is 27.1 Å². The standard InChI is InChI=1S/C24H21FN2O5S/c1-16-20(25)6-4-8-22(16)33(30,31)26-19-11-9-18(10-12-19)24(29)32-15-23(28)27-14-13-17-5-2-3-7-21(17)27/h2-12,26H,13-15H2,1H3. The lowest BCUT2D eigenvalue weighted by atomic mass is 10.2. The maximum atomic E-state index is 13.7. The fourth-order valence-corrected chi connectivity index (χ4v) is 4.96. The lowest BCUT2D eigenvalue weighted by Gasteiger charge is -2.17. The highest BCUT2D eigenvalue weighted by Gasteiger charge is 2.25. The zero-order chi connectivity index (χ0) is 23.6. The molecule has 9 heteroatoms. The Morgan fingerprint density at radius 2 is 1.76 bits per heavy atom. The lowest BCUT2D eigenvalue weighted by molar-refractivity contribution is -0.121. The van der Waals surface area contributed by atoms with E-state index in [-0.39, 0.29) is 27.6 Å². The molecule has 0 spiro atoms. The summed E-state index contributed by atoms with van der Waals surface area (Å²) in [7, 11) is -4.01. The van der Waals surface area contributed by atoms with Crippen LogP contribution in [-0.2, 0) is 26.0 Å². The van der Waals surface area contributed by atoms with Crippen molar-refractivity contribution in [1.29, 1.82) is 0 Å². The topological polar surface area (TPSA) is 92.8 Å². The number of halogens is 1. The summed E-state index contributed by atoms with van der Waals surface area (Å²) < 4.78 is 46.4. The number of carbonyl (C=O) groups excluding carboxylic acids is 2. The molecule has 0 saturated carbocycles. The molecule has 7 nitrogen and oxygen atoms in total. The van der Waals surface area contributed by atoms with Crippen LogP contribution in [0.5, 0.6) is 0 Å². The van der Waals surface area contributed by atoms with Gasteiger partial charge in [0.2, 0.25) is 0 Å². The van der Waals surface area contributed by atoms with E-state index in [0.717, 1.165) is 17.7 Å². The van der Waals surface area contributed by atoms with Crippen LogP contribution >= 0.6 is 0 Å². The number of sulfonamides is 1. The Hall–Kier alpha value is -3.72. The largest absolute Gasteiger partial charge is 0.452 e. The van der Waals surface area contributed by atoms with Crippen molar-refractivity contribution in [1.82, 2.24) is 0 Å². The first-order valence-electron chi connectivity index (χ1n) is 10.2. The Morgan fingerprint density at radius 3 is 2.52 bits per heavy atom. The van der Waals surface area contributed by atoms with Gasteiger partial charge in [-0.1, -0.05) is 24.3 Å². The van der Waals surface area contributed by atoms with Crippen molar-refractivity contribution in [2.24, 2.45) is 0 Å². The molecule has 0 bridgehead atoms. The quantitative estimate of drug-likeness (QED) is 0.557. The average Bonchev–Trinajstić information content (AvgIpc) is 3.23. The van der Waals surface area contributed by atoms with Gasteiger partial charge in [0.15, 0.2) is 6.61 Å². The second kappa shape index (κ2) is 9.03. The summed E-state index contributed by atoms with van der Waals surface area (Å²) in [6.45, 7) is 1.51. The van der Waals surface area contributed by atoms with Crippen molar-refractivity contribution >= 4 is 33.3 Å². The van der Waals surface area contributed by atoms with Crippen LogP contribution in [-0.4, -0.2) is 33.4 Å². The second-order valence-electron chi connectivity index (χ2n) is 7.55. The van der Waals surface area contributed by atoms with Crippen LogP contribution < -0.4 is 9.62 Å². The van der Waals surface area contributed by atoms with Gasteiger partial charge < -0.3 is 9.64 Å². The van der Waals surface area contributed by atoms with Gasteiger partial charge >= 0.3 is 5.97 Å². The number of hydrogen-bond acceptors (Lipinski definition) is 5. The third kappa shape index (κ3) is 4.73. The summed E-state index contributed by atoms with van der Waals surface area (Å²) in [5.41, 5.74) is 2.26. The number of rotatable bonds is 6. The number of fused-ring (bicyclic) bond motifs is 1. The number of benzene rings is 3. The minimum absolute atomic E-state index is 0.00971. The van der Waals surface area contributed by atoms with E-state index in [1.54, 1.807) is 4.90 Å². The minimum atomic E-state index is -4.01. The molecule has 0 radical (unpaired) electrons. The van der Waals surface area contributed by atoms with Crippen molar-refractivity contribution in [2.75, 3.05) is 22.8 Å². The van der Waals surface area contributed by atoms with Gasteiger partial charge in [0.25, 0.3) is 15.9 Å². The van der Waals surface area contributed by atoms with Crippen LogP contribution in [0.2, 0.25) is 0 Å². The van der Waals surface area contributed by atoms with Gasteiger partial charge in [-0.2, -0.15) is 0 Å². The molecule has 3 aromatic carbocycles. The number of nitrogens with zero attached hydrogens (tertiary/aromatic N) is 1. The number of esters is 1. The van der Waals surface area contributed by atoms with E-state index in [1.165, 1.54) is 49.4 Å². The Balaban J connectivity index is 1.37. The van der Waals surface area contributed by atoms with E-state index in [1.807, 2.05) is 24.3 Å². The van der Waals surface area contributed by atoms with E-state index in [9.17, 15) is 22.4 Å². The number of hydrogen-bond donors (Lipinski definition) is 1. The van der Waals surface area contributed by atoms with E-state index >= 15 is 0 Å². The van der Waals surface area contributed by atoms with Crippen molar-refractivity contribution in [2.45, 2.75) is 18.2 Å². The third-order valence-corrected chi connectivity index (χ3v) is 6.92. The lowest BCUT2D eigenvalue weighted by Crippen LogP contribution is -2.33. The summed E-state index contributed by atoms with van der Waals surface area (Å²) in [6, 6.07) is 16.9. The van der Waals surface area contributed by atoms with Crippen LogP contribution in [0.3, 0.4) is 0 Å². The Kier molecular flexibility index (Phi) is 6.15. The van der Waals surface area contributed by atoms with E-state index in [0.29, 0.717) is 6.54 Å².